The lowest BCUT2D eigenvalue weighted by molar-refractivity contribution is 0.0695. The Morgan fingerprint density at radius 2 is 1.27 bits per heavy atom. The number of carboxylic acid groups (broad SMARTS) is 2. The Bertz CT molecular complexity index is 1870. The summed E-state index contributed by atoms with van der Waals surface area (Å²) in [5, 5.41) is 26.3. The molecule has 0 aromatic heterocycles. The standard InChI is InChI=1S/C32H24O5/c1-32(2,3)18-10-12-19(13-11-18)37-25-16-24(31(35)36)27-23(30(33)34)15-14-21-20-8-4-6-17-7-5-9-22(26(17)20)28(25)29(21)27/h4-16H,1-3H3,(H,33,34)(H,35,36). The van der Waals surface area contributed by atoms with E-state index in [-0.39, 0.29) is 21.9 Å². The maximum absolute atomic E-state index is 12.5. The first-order valence-electron chi connectivity index (χ1n) is 12.1. The second kappa shape index (κ2) is 7.93. The Labute approximate surface area is 212 Å². The second-order valence-electron chi connectivity index (χ2n) is 10.4. The maximum atomic E-state index is 12.5. The van der Waals surface area contributed by atoms with Crippen LogP contribution in [0.1, 0.15) is 47.1 Å². The van der Waals surface area contributed by atoms with Crippen LogP contribution in [-0.4, -0.2) is 22.2 Å². The molecule has 182 valence electrons. The molecule has 5 nitrogen and oxygen atoms in total. The number of benzene rings is 6. The lowest BCUT2D eigenvalue weighted by atomic mass is 9.86. The van der Waals surface area contributed by atoms with Crippen molar-refractivity contribution in [2.24, 2.45) is 0 Å². The van der Waals surface area contributed by atoms with E-state index >= 15 is 0 Å². The van der Waals surface area contributed by atoms with Crippen LogP contribution in [0.25, 0.3) is 43.1 Å². The first kappa shape index (κ1) is 22.8. The van der Waals surface area contributed by atoms with Gasteiger partial charge in [0.15, 0.2) is 0 Å². The monoisotopic (exact) mass is 488 g/mol. The summed E-state index contributed by atoms with van der Waals surface area (Å²) in [6.07, 6.45) is 0. The molecule has 0 unspecified atom stereocenters. The van der Waals surface area contributed by atoms with Crippen LogP contribution in [0.5, 0.6) is 11.5 Å². The molecule has 37 heavy (non-hydrogen) atoms. The van der Waals surface area contributed by atoms with E-state index in [9.17, 15) is 19.8 Å². The maximum Gasteiger partial charge on any atom is 0.336 e. The average molecular weight is 489 g/mol. The van der Waals surface area contributed by atoms with Crippen molar-refractivity contribution in [3.05, 3.63) is 95.6 Å². The number of carbonyl (C=O) groups is 2. The Balaban J connectivity index is 1.77. The minimum Gasteiger partial charge on any atom is -0.478 e. The number of hydrogen-bond acceptors (Lipinski definition) is 3. The highest BCUT2D eigenvalue weighted by Gasteiger charge is 2.25. The zero-order valence-electron chi connectivity index (χ0n) is 20.6. The first-order chi connectivity index (χ1) is 17.6. The smallest absolute Gasteiger partial charge is 0.336 e. The van der Waals surface area contributed by atoms with E-state index in [1.54, 1.807) is 6.07 Å². The molecule has 0 saturated heterocycles. The summed E-state index contributed by atoms with van der Waals surface area (Å²) in [6, 6.07) is 24.4. The van der Waals surface area contributed by atoms with E-state index in [4.69, 9.17) is 4.74 Å². The van der Waals surface area contributed by atoms with Gasteiger partial charge in [-0.25, -0.2) is 9.59 Å². The van der Waals surface area contributed by atoms with Gasteiger partial charge in [-0.05, 0) is 62.2 Å². The molecule has 0 heterocycles. The van der Waals surface area contributed by atoms with Crippen molar-refractivity contribution in [2.45, 2.75) is 26.2 Å². The van der Waals surface area contributed by atoms with Crippen molar-refractivity contribution < 1.29 is 24.5 Å². The fourth-order valence-electron chi connectivity index (χ4n) is 5.38. The fraction of sp³-hybridized carbons (Fsp3) is 0.125. The molecule has 5 heteroatoms. The van der Waals surface area contributed by atoms with Crippen LogP contribution in [0, 0.1) is 0 Å². The molecule has 0 saturated carbocycles. The average Bonchev–Trinajstić information content (AvgIpc) is 2.86. The number of rotatable bonds is 4. The third-order valence-corrected chi connectivity index (χ3v) is 7.12. The molecule has 0 fully saturated rings. The number of carboxylic acids is 2. The molecule has 6 rings (SSSR count). The van der Waals surface area contributed by atoms with E-state index in [1.807, 2.05) is 60.7 Å². The van der Waals surface area contributed by atoms with Gasteiger partial charge in [-0.15, -0.1) is 0 Å². The van der Waals surface area contributed by atoms with Gasteiger partial charge in [0, 0.05) is 16.2 Å². The van der Waals surface area contributed by atoms with Gasteiger partial charge in [-0.2, -0.15) is 0 Å². The number of aromatic carboxylic acids is 2. The van der Waals surface area contributed by atoms with Gasteiger partial charge >= 0.3 is 11.9 Å². The van der Waals surface area contributed by atoms with Crippen LogP contribution in [-0.2, 0) is 5.41 Å². The minimum absolute atomic E-state index is 0.0224. The molecular weight excluding hydrogens is 464 g/mol. The molecule has 0 spiro atoms. The van der Waals surface area contributed by atoms with E-state index in [0.717, 1.165) is 32.5 Å². The lowest BCUT2D eigenvalue weighted by Crippen LogP contribution is -2.10. The lowest BCUT2D eigenvalue weighted by Gasteiger charge is -2.21. The molecule has 0 aliphatic heterocycles. The Morgan fingerprint density at radius 1 is 0.649 bits per heavy atom. The van der Waals surface area contributed by atoms with Gasteiger partial charge in [-0.3, -0.25) is 0 Å². The number of fused-ring (bicyclic) bond motifs is 2. The molecule has 0 aliphatic carbocycles. The van der Waals surface area contributed by atoms with E-state index < -0.39 is 11.9 Å². The molecule has 0 bridgehead atoms. The summed E-state index contributed by atoms with van der Waals surface area (Å²) in [6.45, 7) is 6.40. The highest BCUT2D eigenvalue weighted by molar-refractivity contribution is 6.37. The summed E-state index contributed by atoms with van der Waals surface area (Å²) in [7, 11) is 0. The van der Waals surface area contributed by atoms with Crippen molar-refractivity contribution in [1.82, 2.24) is 0 Å². The van der Waals surface area contributed by atoms with Crippen LogP contribution in [0.4, 0.5) is 0 Å². The zero-order chi connectivity index (χ0) is 26.1. The largest absolute Gasteiger partial charge is 0.478 e. The number of hydrogen-bond donors (Lipinski definition) is 2. The van der Waals surface area contributed by atoms with Crippen molar-refractivity contribution in [2.75, 3.05) is 0 Å². The second-order valence-corrected chi connectivity index (χ2v) is 10.4. The third-order valence-electron chi connectivity index (χ3n) is 7.12. The first-order valence-corrected chi connectivity index (χ1v) is 12.1. The van der Waals surface area contributed by atoms with Crippen LogP contribution in [0.15, 0.2) is 78.9 Å². The molecule has 6 aromatic carbocycles. The van der Waals surface area contributed by atoms with E-state index in [0.29, 0.717) is 22.3 Å². The van der Waals surface area contributed by atoms with Gasteiger partial charge in [0.05, 0.1) is 11.1 Å². The molecule has 0 radical (unpaired) electrons. The van der Waals surface area contributed by atoms with E-state index in [1.165, 1.54) is 12.1 Å². The van der Waals surface area contributed by atoms with Crippen LogP contribution in [0.3, 0.4) is 0 Å². The third kappa shape index (κ3) is 3.46. The Kier molecular flexibility index (Phi) is 4.89. The van der Waals surface area contributed by atoms with Crippen LogP contribution < -0.4 is 4.74 Å². The van der Waals surface area contributed by atoms with Crippen molar-refractivity contribution in [3.63, 3.8) is 0 Å². The quantitative estimate of drug-likeness (QED) is 0.193. The highest BCUT2D eigenvalue weighted by Crippen LogP contribution is 2.47. The molecule has 6 aromatic rings. The van der Waals surface area contributed by atoms with Crippen molar-refractivity contribution >= 4 is 55.0 Å². The fourth-order valence-corrected chi connectivity index (χ4v) is 5.38. The Morgan fingerprint density at radius 3 is 1.89 bits per heavy atom. The van der Waals surface area contributed by atoms with Crippen LogP contribution >= 0.6 is 0 Å². The summed E-state index contributed by atoms with van der Waals surface area (Å²) >= 11 is 0. The van der Waals surface area contributed by atoms with Crippen molar-refractivity contribution in [3.8, 4) is 11.5 Å². The summed E-state index contributed by atoms with van der Waals surface area (Å²) < 4.78 is 6.39. The predicted octanol–water partition coefficient (Wildman–Crippen LogP) is 8.22. The summed E-state index contributed by atoms with van der Waals surface area (Å²) in [4.78, 5) is 24.7. The normalized spacial score (nSPS) is 12.1. The molecule has 0 aliphatic rings. The van der Waals surface area contributed by atoms with E-state index in [2.05, 4.69) is 20.8 Å². The topological polar surface area (TPSA) is 83.8 Å². The Hall–Kier alpha value is -4.64. The summed E-state index contributed by atoms with van der Waals surface area (Å²) in [5.74, 6) is -1.44. The van der Waals surface area contributed by atoms with Gasteiger partial charge in [0.2, 0.25) is 0 Å². The summed E-state index contributed by atoms with van der Waals surface area (Å²) in [5.41, 5.74) is 0.972. The van der Waals surface area contributed by atoms with Gasteiger partial charge in [0.1, 0.15) is 11.5 Å². The SMILES string of the molecule is CC(C)(C)c1ccc(Oc2cc(C(=O)O)c3c(C(=O)O)ccc4c5cccc6cccc(c2c34)c65)cc1. The predicted molar refractivity (Wildman–Crippen MR) is 147 cm³/mol. The van der Waals surface area contributed by atoms with Gasteiger partial charge in [-0.1, -0.05) is 75.4 Å². The number of ether oxygens (including phenoxy) is 1. The molecule has 2 N–H and O–H groups in total. The van der Waals surface area contributed by atoms with Gasteiger partial charge in [0.25, 0.3) is 0 Å². The zero-order valence-corrected chi connectivity index (χ0v) is 20.6. The van der Waals surface area contributed by atoms with Crippen LogP contribution in [0.2, 0.25) is 0 Å². The van der Waals surface area contributed by atoms with Gasteiger partial charge < -0.3 is 14.9 Å². The molecule has 0 atom stereocenters. The minimum atomic E-state index is -1.21. The highest BCUT2D eigenvalue weighted by atomic mass is 16.5. The van der Waals surface area contributed by atoms with Crippen molar-refractivity contribution in [1.29, 1.82) is 0 Å². The molecule has 0 amide bonds. The molecular formula is C32H24O5.